The van der Waals surface area contributed by atoms with Gasteiger partial charge in [-0.2, -0.15) is 0 Å². The number of hydrogen-bond acceptors (Lipinski definition) is 3. The molecule has 6 nitrogen and oxygen atoms in total. The number of fused-ring (bicyclic) bond motifs is 1. The molecule has 1 aliphatic rings. The Hall–Kier alpha value is -1.76. The highest BCUT2D eigenvalue weighted by Crippen LogP contribution is 2.29. The minimum Gasteiger partial charge on any atom is -0.370 e. The molecule has 1 heterocycles. The maximum absolute atomic E-state index is 12.4. The second-order valence-corrected chi connectivity index (χ2v) is 7.35. The second-order valence-electron chi connectivity index (χ2n) is 5.33. The quantitative estimate of drug-likeness (QED) is 0.619. The first-order chi connectivity index (χ1) is 9.90. The van der Waals surface area contributed by atoms with Gasteiger partial charge in [-0.15, -0.1) is 0 Å². The molecule has 7 heteroatoms. The number of guanidine groups is 1. The van der Waals surface area contributed by atoms with Gasteiger partial charge >= 0.3 is 0 Å². The monoisotopic (exact) mass is 310 g/mol. The third-order valence-electron chi connectivity index (χ3n) is 3.25. The van der Waals surface area contributed by atoms with Crippen molar-refractivity contribution in [3.05, 3.63) is 29.8 Å². The predicted octanol–water partition coefficient (Wildman–Crippen LogP) is 0.692. The van der Waals surface area contributed by atoms with Crippen LogP contribution in [0, 0.1) is 0 Å². The molecular formula is C14H22N4O2S. The van der Waals surface area contributed by atoms with Crippen LogP contribution in [0.2, 0.25) is 0 Å². The summed E-state index contributed by atoms with van der Waals surface area (Å²) in [5, 5.41) is 2.93. The molecule has 0 saturated heterocycles. The summed E-state index contributed by atoms with van der Waals surface area (Å²) in [5.74, 6) is 0.240. The van der Waals surface area contributed by atoms with Gasteiger partial charge in [-0.05, 0) is 31.9 Å². The number of aliphatic imine (C=N–C) groups is 1. The van der Waals surface area contributed by atoms with Crippen molar-refractivity contribution in [1.82, 2.24) is 5.32 Å². The van der Waals surface area contributed by atoms with Crippen molar-refractivity contribution in [1.29, 1.82) is 0 Å². The Labute approximate surface area is 126 Å². The van der Waals surface area contributed by atoms with Crippen molar-refractivity contribution in [3.63, 3.8) is 0 Å². The Bertz CT molecular complexity index is 626. The number of benzene rings is 1. The number of nitrogens with two attached hydrogens (primary N) is 1. The Morgan fingerprint density at radius 2 is 2.14 bits per heavy atom. The van der Waals surface area contributed by atoms with Gasteiger partial charge in [0.1, 0.15) is 0 Å². The first-order valence-corrected chi connectivity index (χ1v) is 8.66. The standard InChI is InChI=1S/C14H22N4O2S/c1-11(2)17-14(15)16-8-10-21(19,20)18-9-7-12-5-3-4-6-13(12)18/h3-6,11H,7-10H2,1-2H3,(H3,15,16,17). The lowest BCUT2D eigenvalue weighted by Gasteiger charge is -2.19. The fourth-order valence-corrected chi connectivity index (χ4v) is 3.72. The van der Waals surface area contributed by atoms with E-state index in [-0.39, 0.29) is 24.3 Å². The third kappa shape index (κ3) is 3.87. The molecular weight excluding hydrogens is 288 g/mol. The van der Waals surface area contributed by atoms with E-state index in [2.05, 4.69) is 10.3 Å². The highest BCUT2D eigenvalue weighted by atomic mass is 32.2. The summed E-state index contributed by atoms with van der Waals surface area (Å²) in [6, 6.07) is 7.77. The molecule has 0 atom stereocenters. The molecule has 1 aliphatic heterocycles. The fraction of sp³-hybridized carbons (Fsp3) is 0.500. The Kier molecular flexibility index (Phi) is 4.72. The highest BCUT2D eigenvalue weighted by Gasteiger charge is 2.28. The van der Waals surface area contributed by atoms with Crippen LogP contribution in [0.15, 0.2) is 29.3 Å². The molecule has 0 aliphatic carbocycles. The average molecular weight is 310 g/mol. The van der Waals surface area contributed by atoms with E-state index in [1.807, 2.05) is 38.1 Å². The van der Waals surface area contributed by atoms with Crippen molar-refractivity contribution >= 4 is 21.7 Å². The van der Waals surface area contributed by atoms with Gasteiger partial charge in [0.2, 0.25) is 10.0 Å². The van der Waals surface area contributed by atoms with Crippen LogP contribution in [0.5, 0.6) is 0 Å². The zero-order chi connectivity index (χ0) is 15.5. The topological polar surface area (TPSA) is 87.8 Å². The zero-order valence-corrected chi connectivity index (χ0v) is 13.2. The third-order valence-corrected chi connectivity index (χ3v) is 5.00. The Morgan fingerprint density at radius 1 is 1.43 bits per heavy atom. The maximum Gasteiger partial charge on any atom is 0.237 e. The number of anilines is 1. The molecule has 0 unspecified atom stereocenters. The summed E-state index contributed by atoms with van der Waals surface area (Å²) in [7, 11) is -3.35. The Balaban J connectivity index is 2.01. The lowest BCUT2D eigenvalue weighted by Crippen LogP contribution is -2.37. The first-order valence-electron chi connectivity index (χ1n) is 7.05. The summed E-state index contributed by atoms with van der Waals surface area (Å²) in [6.45, 7) is 4.55. The van der Waals surface area contributed by atoms with Crippen LogP contribution in [-0.4, -0.2) is 39.3 Å². The summed E-state index contributed by atoms with van der Waals surface area (Å²) in [5.41, 5.74) is 7.53. The molecule has 0 saturated carbocycles. The number of para-hydroxylation sites is 1. The van der Waals surface area contributed by atoms with Crippen LogP contribution in [0.1, 0.15) is 19.4 Å². The minimum atomic E-state index is -3.35. The molecule has 0 aromatic heterocycles. The van der Waals surface area contributed by atoms with Gasteiger partial charge in [-0.1, -0.05) is 18.2 Å². The summed E-state index contributed by atoms with van der Waals surface area (Å²) in [6.07, 6.45) is 0.760. The summed E-state index contributed by atoms with van der Waals surface area (Å²) < 4.78 is 26.3. The van der Waals surface area contributed by atoms with Gasteiger partial charge < -0.3 is 11.1 Å². The largest absolute Gasteiger partial charge is 0.370 e. The van der Waals surface area contributed by atoms with Gasteiger partial charge in [0.15, 0.2) is 5.96 Å². The van der Waals surface area contributed by atoms with Gasteiger partial charge in [-0.3, -0.25) is 9.30 Å². The molecule has 0 spiro atoms. The first kappa shape index (κ1) is 15.6. The fourth-order valence-electron chi connectivity index (χ4n) is 2.33. The Morgan fingerprint density at radius 3 is 2.86 bits per heavy atom. The van der Waals surface area contributed by atoms with Gasteiger partial charge in [0, 0.05) is 12.6 Å². The van der Waals surface area contributed by atoms with E-state index >= 15 is 0 Å². The van der Waals surface area contributed by atoms with Crippen LogP contribution in [0.25, 0.3) is 0 Å². The number of nitrogens with one attached hydrogen (secondary N) is 1. The molecule has 0 fully saturated rings. The van der Waals surface area contributed by atoms with Crippen molar-refractivity contribution in [2.45, 2.75) is 26.3 Å². The van der Waals surface area contributed by atoms with Crippen LogP contribution >= 0.6 is 0 Å². The SMILES string of the molecule is CC(C)NC(N)=NCCS(=O)(=O)N1CCc2ccccc21. The molecule has 0 bridgehead atoms. The van der Waals surface area contributed by atoms with Crippen molar-refractivity contribution in [3.8, 4) is 0 Å². The number of nitrogens with zero attached hydrogens (tertiary/aromatic N) is 2. The predicted molar refractivity (Wildman–Crippen MR) is 86.0 cm³/mol. The molecule has 1 aromatic rings. The van der Waals surface area contributed by atoms with E-state index in [1.165, 1.54) is 4.31 Å². The van der Waals surface area contributed by atoms with E-state index in [0.29, 0.717) is 6.54 Å². The molecule has 1 aromatic carbocycles. The molecule has 3 N–H and O–H groups in total. The van der Waals surface area contributed by atoms with Gasteiger partial charge in [-0.25, -0.2) is 8.42 Å². The summed E-state index contributed by atoms with van der Waals surface area (Å²) in [4.78, 5) is 4.05. The molecule has 0 amide bonds. The van der Waals surface area contributed by atoms with Crippen molar-refractivity contribution in [2.75, 3.05) is 23.1 Å². The van der Waals surface area contributed by atoms with E-state index in [1.54, 1.807) is 0 Å². The number of rotatable bonds is 5. The van der Waals surface area contributed by atoms with Gasteiger partial charge in [0.05, 0.1) is 18.0 Å². The van der Waals surface area contributed by atoms with Crippen LogP contribution in [0.4, 0.5) is 5.69 Å². The normalized spacial score (nSPS) is 15.4. The molecule has 116 valence electrons. The molecule has 21 heavy (non-hydrogen) atoms. The van der Waals surface area contributed by atoms with E-state index < -0.39 is 10.0 Å². The summed E-state index contributed by atoms with van der Waals surface area (Å²) >= 11 is 0. The van der Waals surface area contributed by atoms with Crippen molar-refractivity contribution < 1.29 is 8.42 Å². The van der Waals surface area contributed by atoms with E-state index in [9.17, 15) is 8.42 Å². The lowest BCUT2D eigenvalue weighted by atomic mass is 10.2. The number of hydrogen-bond donors (Lipinski definition) is 2. The maximum atomic E-state index is 12.4. The van der Waals surface area contributed by atoms with Crippen LogP contribution in [-0.2, 0) is 16.4 Å². The smallest absolute Gasteiger partial charge is 0.237 e. The second kappa shape index (κ2) is 6.34. The van der Waals surface area contributed by atoms with Crippen molar-refractivity contribution in [2.24, 2.45) is 10.7 Å². The highest BCUT2D eigenvalue weighted by molar-refractivity contribution is 7.92. The van der Waals surface area contributed by atoms with Crippen LogP contribution in [0.3, 0.4) is 0 Å². The van der Waals surface area contributed by atoms with E-state index in [4.69, 9.17) is 5.73 Å². The number of sulfonamides is 1. The lowest BCUT2D eigenvalue weighted by molar-refractivity contribution is 0.592. The van der Waals surface area contributed by atoms with E-state index in [0.717, 1.165) is 17.7 Å². The van der Waals surface area contributed by atoms with Gasteiger partial charge in [0.25, 0.3) is 0 Å². The zero-order valence-electron chi connectivity index (χ0n) is 12.4. The average Bonchev–Trinajstić information content (AvgIpc) is 2.82. The minimum absolute atomic E-state index is 0.0399. The molecule has 0 radical (unpaired) electrons. The van der Waals surface area contributed by atoms with Crippen LogP contribution < -0.4 is 15.4 Å². The molecule has 2 rings (SSSR count).